The maximum absolute atomic E-state index is 13.5. The maximum atomic E-state index is 13.5. The van der Waals surface area contributed by atoms with E-state index in [0.29, 0.717) is 18.4 Å². The summed E-state index contributed by atoms with van der Waals surface area (Å²) in [7, 11) is 0. The number of pyridine rings is 1. The van der Waals surface area contributed by atoms with Crippen molar-refractivity contribution in [1.29, 1.82) is 0 Å². The van der Waals surface area contributed by atoms with Crippen LogP contribution in [0.5, 0.6) is 0 Å². The van der Waals surface area contributed by atoms with Gasteiger partial charge in [-0.05, 0) is 52.2 Å². The molecule has 0 aliphatic carbocycles. The molecule has 6 nitrogen and oxygen atoms in total. The highest BCUT2D eigenvalue weighted by Gasteiger charge is 2.44. The number of aromatic nitrogens is 1. The molecule has 1 aliphatic heterocycles. The molecule has 1 aromatic heterocycles. The van der Waals surface area contributed by atoms with E-state index in [4.69, 9.17) is 9.47 Å². The first-order valence-electron chi connectivity index (χ1n) is 8.01. The number of amides is 1. The third kappa shape index (κ3) is 4.21. The van der Waals surface area contributed by atoms with Gasteiger partial charge in [0.1, 0.15) is 17.5 Å². The minimum atomic E-state index is -0.743. The van der Waals surface area contributed by atoms with E-state index in [1.807, 2.05) is 0 Å². The summed E-state index contributed by atoms with van der Waals surface area (Å²) >= 11 is 0. The highest BCUT2D eigenvalue weighted by molar-refractivity contribution is 5.82. The molecule has 1 aromatic rings. The minimum absolute atomic E-state index is 0.226. The van der Waals surface area contributed by atoms with E-state index in [1.54, 1.807) is 27.7 Å². The highest BCUT2D eigenvalue weighted by Crippen LogP contribution is 2.37. The topological polar surface area (TPSA) is 68.7 Å². The Hall–Kier alpha value is -2.18. The zero-order chi connectivity index (χ0) is 17.9. The van der Waals surface area contributed by atoms with Gasteiger partial charge in [-0.25, -0.2) is 14.0 Å². The molecule has 24 heavy (non-hydrogen) atoms. The van der Waals surface area contributed by atoms with Gasteiger partial charge in [-0.2, -0.15) is 0 Å². The van der Waals surface area contributed by atoms with Gasteiger partial charge in [0.15, 0.2) is 0 Å². The first-order chi connectivity index (χ1) is 11.2. The lowest BCUT2D eigenvalue weighted by Crippen LogP contribution is -2.45. The molecule has 2 rings (SSSR count). The zero-order valence-corrected chi connectivity index (χ0v) is 14.4. The number of carbonyl (C=O) groups is 2. The predicted octanol–water partition coefficient (Wildman–Crippen LogP) is 3.22. The standard InChI is InChI=1S/C17H23FN2O4/c1-5-23-15(21)14-7-6-13(11-8-12(18)10-19-9-11)20(14)16(22)24-17(2,3)4/h8-10,13-14H,5-7H2,1-4H3. The summed E-state index contributed by atoms with van der Waals surface area (Å²) in [5, 5.41) is 0. The lowest BCUT2D eigenvalue weighted by atomic mass is 10.1. The summed E-state index contributed by atoms with van der Waals surface area (Å²) in [4.78, 5) is 30.0. The second-order valence-corrected chi connectivity index (χ2v) is 6.69. The molecule has 2 unspecified atom stereocenters. The van der Waals surface area contributed by atoms with Crippen molar-refractivity contribution < 1.29 is 23.5 Å². The van der Waals surface area contributed by atoms with Crippen molar-refractivity contribution in [3.63, 3.8) is 0 Å². The average Bonchev–Trinajstić information content (AvgIpc) is 2.90. The fraction of sp³-hybridized carbons (Fsp3) is 0.588. The number of halogens is 1. The molecule has 0 bridgehead atoms. The second kappa shape index (κ2) is 7.15. The Morgan fingerprint density at radius 2 is 2.04 bits per heavy atom. The molecule has 132 valence electrons. The van der Waals surface area contributed by atoms with E-state index in [1.165, 1.54) is 17.2 Å². The third-order valence-electron chi connectivity index (χ3n) is 3.66. The van der Waals surface area contributed by atoms with E-state index in [2.05, 4.69) is 4.98 Å². The molecule has 1 saturated heterocycles. The van der Waals surface area contributed by atoms with Crippen molar-refractivity contribution in [2.24, 2.45) is 0 Å². The van der Waals surface area contributed by atoms with Crippen LogP contribution in [0.25, 0.3) is 0 Å². The Morgan fingerprint density at radius 3 is 2.62 bits per heavy atom. The number of ether oxygens (including phenoxy) is 2. The van der Waals surface area contributed by atoms with Gasteiger partial charge in [-0.1, -0.05) is 0 Å². The van der Waals surface area contributed by atoms with Gasteiger partial charge in [0.25, 0.3) is 0 Å². The monoisotopic (exact) mass is 338 g/mol. The van der Waals surface area contributed by atoms with Gasteiger partial charge in [-0.15, -0.1) is 0 Å². The quantitative estimate of drug-likeness (QED) is 0.792. The normalized spacial score (nSPS) is 20.8. The second-order valence-electron chi connectivity index (χ2n) is 6.69. The lowest BCUT2D eigenvalue weighted by molar-refractivity contribution is -0.148. The third-order valence-corrected chi connectivity index (χ3v) is 3.66. The van der Waals surface area contributed by atoms with E-state index in [0.717, 1.165) is 6.20 Å². The van der Waals surface area contributed by atoms with Crippen LogP contribution in [0.2, 0.25) is 0 Å². The summed E-state index contributed by atoms with van der Waals surface area (Å²) in [6.45, 7) is 7.18. The summed E-state index contributed by atoms with van der Waals surface area (Å²) in [5.74, 6) is -0.966. The summed E-state index contributed by atoms with van der Waals surface area (Å²) < 4.78 is 24.0. The largest absolute Gasteiger partial charge is 0.464 e. The Kier molecular flexibility index (Phi) is 5.41. The van der Waals surface area contributed by atoms with Crippen molar-refractivity contribution >= 4 is 12.1 Å². The molecule has 1 aliphatic rings. The van der Waals surface area contributed by atoms with Crippen LogP contribution in [-0.2, 0) is 14.3 Å². The molecule has 2 heterocycles. The van der Waals surface area contributed by atoms with Crippen LogP contribution >= 0.6 is 0 Å². The molecule has 0 N–H and O–H groups in total. The van der Waals surface area contributed by atoms with Crippen LogP contribution in [0.1, 0.15) is 52.1 Å². The van der Waals surface area contributed by atoms with Gasteiger partial charge >= 0.3 is 12.1 Å². The fourth-order valence-electron chi connectivity index (χ4n) is 2.79. The zero-order valence-electron chi connectivity index (χ0n) is 14.4. The summed E-state index contributed by atoms with van der Waals surface area (Å²) in [6.07, 6.45) is 2.91. The molecule has 0 saturated carbocycles. The summed E-state index contributed by atoms with van der Waals surface area (Å²) in [5.41, 5.74) is -0.170. The van der Waals surface area contributed by atoms with Gasteiger partial charge in [0, 0.05) is 6.20 Å². The van der Waals surface area contributed by atoms with Crippen molar-refractivity contribution in [2.45, 2.75) is 58.2 Å². The highest BCUT2D eigenvalue weighted by atomic mass is 19.1. The minimum Gasteiger partial charge on any atom is -0.464 e. The Bertz CT molecular complexity index is 615. The van der Waals surface area contributed by atoms with Gasteiger partial charge in [-0.3, -0.25) is 9.88 Å². The van der Waals surface area contributed by atoms with E-state index in [-0.39, 0.29) is 6.61 Å². The molecular weight excluding hydrogens is 315 g/mol. The van der Waals surface area contributed by atoms with Crippen LogP contribution in [0.4, 0.5) is 9.18 Å². The van der Waals surface area contributed by atoms with Gasteiger partial charge < -0.3 is 9.47 Å². The van der Waals surface area contributed by atoms with E-state index >= 15 is 0 Å². The maximum Gasteiger partial charge on any atom is 0.411 e. The molecule has 0 radical (unpaired) electrons. The predicted molar refractivity (Wildman–Crippen MR) is 84.7 cm³/mol. The number of carbonyl (C=O) groups excluding carboxylic acids is 2. The smallest absolute Gasteiger partial charge is 0.411 e. The SMILES string of the molecule is CCOC(=O)C1CCC(c2cncc(F)c2)N1C(=O)OC(C)(C)C. The van der Waals surface area contributed by atoms with Crippen molar-refractivity contribution in [2.75, 3.05) is 6.61 Å². The van der Waals surface area contributed by atoms with Crippen LogP contribution in [0, 0.1) is 5.82 Å². The number of nitrogens with zero attached hydrogens (tertiary/aromatic N) is 2. The molecule has 1 fully saturated rings. The molecular formula is C17H23FN2O4. The van der Waals surface area contributed by atoms with E-state index < -0.39 is 35.6 Å². The number of hydrogen-bond acceptors (Lipinski definition) is 5. The van der Waals surface area contributed by atoms with Crippen molar-refractivity contribution in [1.82, 2.24) is 9.88 Å². The van der Waals surface area contributed by atoms with Crippen LogP contribution in [-0.4, -0.2) is 40.2 Å². The molecule has 0 spiro atoms. The Balaban J connectivity index is 2.32. The van der Waals surface area contributed by atoms with Crippen LogP contribution in [0.15, 0.2) is 18.5 Å². The molecule has 1 amide bonds. The van der Waals surface area contributed by atoms with Crippen LogP contribution < -0.4 is 0 Å². The Labute approximate surface area is 141 Å². The molecule has 0 aromatic carbocycles. The first kappa shape index (κ1) is 18.2. The summed E-state index contributed by atoms with van der Waals surface area (Å²) in [6, 6.07) is 0.105. The van der Waals surface area contributed by atoms with Crippen LogP contribution in [0.3, 0.4) is 0 Å². The molecule has 7 heteroatoms. The van der Waals surface area contributed by atoms with Crippen molar-refractivity contribution in [3.8, 4) is 0 Å². The average molecular weight is 338 g/mol. The van der Waals surface area contributed by atoms with E-state index in [9.17, 15) is 14.0 Å². The van der Waals surface area contributed by atoms with Gasteiger partial charge in [0.2, 0.25) is 0 Å². The van der Waals surface area contributed by atoms with Crippen molar-refractivity contribution in [3.05, 3.63) is 29.8 Å². The number of hydrogen-bond donors (Lipinski definition) is 0. The first-order valence-corrected chi connectivity index (χ1v) is 8.01. The fourth-order valence-corrected chi connectivity index (χ4v) is 2.79. The number of esters is 1. The number of rotatable bonds is 3. The number of likely N-dealkylation sites (tertiary alicyclic amines) is 1. The molecule has 2 atom stereocenters. The van der Waals surface area contributed by atoms with Gasteiger partial charge in [0.05, 0.1) is 18.8 Å². The lowest BCUT2D eigenvalue weighted by Gasteiger charge is -2.31. The Morgan fingerprint density at radius 1 is 1.33 bits per heavy atom.